The van der Waals surface area contributed by atoms with Gasteiger partial charge in [-0.1, -0.05) is 49.4 Å². The van der Waals surface area contributed by atoms with E-state index < -0.39 is 12.0 Å². The number of aromatic nitrogens is 3. The molecule has 0 bridgehead atoms. The molecule has 8 heteroatoms. The van der Waals surface area contributed by atoms with Crippen LogP contribution in [0.2, 0.25) is 0 Å². The van der Waals surface area contributed by atoms with Crippen molar-refractivity contribution in [2.45, 2.75) is 45.5 Å². The molecular formula is C24H25FN4O2S. The number of hydrogen-bond donors (Lipinski definition) is 0. The zero-order valence-electron chi connectivity index (χ0n) is 18.5. The van der Waals surface area contributed by atoms with Gasteiger partial charge in [0.05, 0.1) is 5.69 Å². The van der Waals surface area contributed by atoms with E-state index in [-0.39, 0.29) is 11.8 Å². The van der Waals surface area contributed by atoms with Crippen LogP contribution in [0.5, 0.6) is 5.88 Å². The van der Waals surface area contributed by atoms with E-state index in [9.17, 15) is 9.18 Å². The second kappa shape index (κ2) is 9.24. The summed E-state index contributed by atoms with van der Waals surface area (Å²) < 4.78 is 20.3. The van der Waals surface area contributed by atoms with Crippen LogP contribution < -0.4 is 9.64 Å². The third kappa shape index (κ3) is 4.60. The zero-order chi connectivity index (χ0) is 22.8. The summed E-state index contributed by atoms with van der Waals surface area (Å²) in [5.74, 6) is 1.06. The van der Waals surface area contributed by atoms with E-state index in [0.717, 1.165) is 17.7 Å². The minimum absolute atomic E-state index is 0.239. The molecule has 4 rings (SSSR count). The Morgan fingerprint density at radius 3 is 2.75 bits per heavy atom. The Morgan fingerprint density at radius 2 is 2.03 bits per heavy atom. The van der Waals surface area contributed by atoms with Crippen LogP contribution in [0, 0.1) is 18.7 Å². The lowest BCUT2D eigenvalue weighted by Gasteiger charge is -2.30. The molecule has 0 radical (unpaired) electrons. The number of carbonyl (C=O) groups is 1. The fourth-order valence-electron chi connectivity index (χ4n) is 3.54. The zero-order valence-corrected chi connectivity index (χ0v) is 19.3. The van der Waals surface area contributed by atoms with Crippen LogP contribution in [0.4, 0.5) is 10.1 Å². The van der Waals surface area contributed by atoms with Crippen molar-refractivity contribution in [2.24, 2.45) is 5.92 Å². The second-order valence-electron chi connectivity index (χ2n) is 8.21. The first-order valence-corrected chi connectivity index (χ1v) is 11.5. The molecule has 0 saturated heterocycles. The Morgan fingerprint density at radius 1 is 1.22 bits per heavy atom. The first kappa shape index (κ1) is 22.2. The van der Waals surface area contributed by atoms with Crippen LogP contribution in [0.1, 0.15) is 44.5 Å². The van der Waals surface area contributed by atoms with Crippen LogP contribution in [0.15, 0.2) is 47.6 Å². The maximum Gasteiger partial charge on any atom is 0.247 e. The number of thioether (sulfide) groups is 1. The predicted molar refractivity (Wildman–Crippen MR) is 123 cm³/mol. The molecule has 3 aromatic rings. The van der Waals surface area contributed by atoms with Crippen LogP contribution in [-0.4, -0.2) is 26.8 Å². The number of hydrogen-bond acceptors (Lipinski definition) is 6. The fourth-order valence-corrected chi connectivity index (χ4v) is 4.56. The highest BCUT2D eigenvalue weighted by Crippen LogP contribution is 2.43. The van der Waals surface area contributed by atoms with Gasteiger partial charge in [0.25, 0.3) is 0 Å². The number of rotatable bonds is 5. The van der Waals surface area contributed by atoms with Gasteiger partial charge in [0.2, 0.25) is 23.2 Å². The van der Waals surface area contributed by atoms with Gasteiger partial charge in [-0.15, -0.1) is 10.2 Å². The average Bonchev–Trinajstić information content (AvgIpc) is 2.87. The average molecular weight is 453 g/mol. The largest absolute Gasteiger partial charge is 0.447 e. The lowest BCUT2D eigenvalue weighted by Crippen LogP contribution is -2.36. The van der Waals surface area contributed by atoms with Crippen molar-refractivity contribution in [1.29, 1.82) is 0 Å². The molecule has 1 unspecified atom stereocenters. The molecule has 1 aromatic heterocycles. The number of aryl methyl sites for hydroxylation is 1. The van der Waals surface area contributed by atoms with Gasteiger partial charge in [-0.25, -0.2) is 4.39 Å². The molecule has 1 aliphatic heterocycles. The highest BCUT2D eigenvalue weighted by atomic mass is 32.2. The van der Waals surface area contributed by atoms with E-state index >= 15 is 0 Å². The molecule has 1 amide bonds. The monoisotopic (exact) mass is 452 g/mol. The summed E-state index contributed by atoms with van der Waals surface area (Å²) in [7, 11) is 0. The van der Waals surface area contributed by atoms with Gasteiger partial charge in [0.1, 0.15) is 5.82 Å². The normalized spacial score (nSPS) is 15.1. The van der Waals surface area contributed by atoms with Gasteiger partial charge in [0.15, 0.2) is 5.69 Å². The summed E-state index contributed by atoms with van der Waals surface area (Å²) in [6, 6.07) is 11.8. The molecule has 0 fully saturated rings. The smallest absolute Gasteiger partial charge is 0.247 e. The van der Waals surface area contributed by atoms with Gasteiger partial charge >= 0.3 is 0 Å². The number of amides is 1. The van der Waals surface area contributed by atoms with Crippen molar-refractivity contribution in [3.63, 3.8) is 0 Å². The van der Waals surface area contributed by atoms with Gasteiger partial charge in [-0.3, -0.25) is 9.69 Å². The predicted octanol–water partition coefficient (Wildman–Crippen LogP) is 5.57. The van der Waals surface area contributed by atoms with Gasteiger partial charge < -0.3 is 4.74 Å². The minimum Gasteiger partial charge on any atom is -0.447 e. The number of nitrogens with zero attached hydrogens (tertiary/aromatic N) is 4. The Balaban J connectivity index is 1.85. The van der Waals surface area contributed by atoms with Crippen LogP contribution in [0.3, 0.4) is 0 Å². The van der Waals surface area contributed by atoms with Crippen LogP contribution in [0.25, 0.3) is 11.3 Å². The number of fused-ring (bicyclic) bond motifs is 3. The number of anilines is 1. The third-order valence-corrected chi connectivity index (χ3v) is 6.03. The summed E-state index contributed by atoms with van der Waals surface area (Å²) in [4.78, 5) is 18.9. The first-order chi connectivity index (χ1) is 15.3. The van der Waals surface area contributed by atoms with E-state index in [4.69, 9.17) is 4.74 Å². The minimum atomic E-state index is -0.892. The maximum atomic E-state index is 14.1. The van der Waals surface area contributed by atoms with Crippen molar-refractivity contribution in [3.05, 3.63) is 59.4 Å². The summed E-state index contributed by atoms with van der Waals surface area (Å²) in [5.41, 5.74) is 3.29. The number of halogens is 1. The van der Waals surface area contributed by atoms with E-state index in [2.05, 4.69) is 29.0 Å². The van der Waals surface area contributed by atoms with Gasteiger partial charge in [-0.2, -0.15) is 4.98 Å². The van der Waals surface area contributed by atoms with Crippen molar-refractivity contribution < 1.29 is 13.9 Å². The Kier molecular flexibility index (Phi) is 6.41. The molecule has 0 saturated carbocycles. The standard InChI is InChI=1S/C24H25FN4O2S/c1-14(2)10-11-32-24-26-22-21(27-28-24)19-12-15(3)8-9-20(19)29(16(4)30)23(31-22)17-6-5-7-18(25)13-17/h5-9,12-14,23H,10-11H2,1-4H3. The molecule has 2 aromatic carbocycles. The summed E-state index contributed by atoms with van der Waals surface area (Å²) in [6.07, 6.45) is 0.133. The molecule has 166 valence electrons. The Hall–Kier alpha value is -3.00. The molecule has 1 aliphatic rings. The lowest BCUT2D eigenvalue weighted by atomic mass is 10.0. The lowest BCUT2D eigenvalue weighted by molar-refractivity contribution is -0.118. The first-order valence-electron chi connectivity index (χ1n) is 10.5. The Bertz CT molecular complexity index is 1150. The summed E-state index contributed by atoms with van der Waals surface area (Å²) in [6.45, 7) is 7.75. The molecule has 0 aliphatic carbocycles. The highest BCUT2D eigenvalue weighted by Gasteiger charge is 2.34. The van der Waals surface area contributed by atoms with Crippen molar-refractivity contribution in [3.8, 4) is 17.1 Å². The molecule has 6 nitrogen and oxygen atoms in total. The SMILES string of the molecule is CC(=O)N1c2ccc(C)cc2-c2nnc(SCCC(C)C)nc2OC1c1cccc(F)c1. The molecular weight excluding hydrogens is 427 g/mol. The van der Waals surface area contributed by atoms with Crippen LogP contribution >= 0.6 is 11.8 Å². The van der Waals surface area contributed by atoms with E-state index in [1.54, 1.807) is 12.1 Å². The fraction of sp³-hybridized carbons (Fsp3) is 0.333. The summed E-state index contributed by atoms with van der Waals surface area (Å²) in [5, 5.41) is 9.24. The molecule has 0 spiro atoms. The van der Waals surface area contributed by atoms with E-state index in [1.165, 1.54) is 35.7 Å². The van der Waals surface area contributed by atoms with Crippen LogP contribution in [-0.2, 0) is 4.79 Å². The number of benzene rings is 2. The quantitative estimate of drug-likeness (QED) is 0.472. The maximum absolute atomic E-state index is 14.1. The number of carbonyl (C=O) groups excluding carboxylic acids is 1. The topological polar surface area (TPSA) is 68.2 Å². The molecule has 32 heavy (non-hydrogen) atoms. The molecule has 0 N–H and O–H groups in total. The van der Waals surface area contributed by atoms with E-state index in [1.807, 2.05) is 25.1 Å². The van der Waals surface area contributed by atoms with Crippen molar-refractivity contribution in [2.75, 3.05) is 10.7 Å². The van der Waals surface area contributed by atoms with E-state index in [0.29, 0.717) is 33.6 Å². The molecule has 2 heterocycles. The third-order valence-electron chi connectivity index (χ3n) is 5.16. The highest BCUT2D eigenvalue weighted by molar-refractivity contribution is 7.99. The number of ether oxygens (including phenoxy) is 1. The molecule has 1 atom stereocenters. The summed E-state index contributed by atoms with van der Waals surface area (Å²) >= 11 is 1.51. The van der Waals surface area contributed by atoms with Crippen molar-refractivity contribution in [1.82, 2.24) is 15.2 Å². The van der Waals surface area contributed by atoms with Gasteiger partial charge in [-0.05, 0) is 43.5 Å². The Labute approximate surface area is 191 Å². The second-order valence-corrected chi connectivity index (χ2v) is 9.28. The van der Waals surface area contributed by atoms with Gasteiger partial charge in [0, 0.05) is 23.8 Å². The van der Waals surface area contributed by atoms with Crippen molar-refractivity contribution >= 4 is 23.4 Å².